The lowest BCUT2D eigenvalue weighted by Crippen LogP contribution is -2.39. The number of hydrogen-bond donors (Lipinski definition) is 0. The third-order valence-electron chi connectivity index (χ3n) is 6.19. The molecule has 2 heterocycles. The zero-order valence-corrected chi connectivity index (χ0v) is 16.7. The normalized spacial score (nSPS) is 20.0. The number of nitro benzene ring substituents is 1. The maximum absolute atomic E-state index is 13.1. The van der Waals surface area contributed by atoms with Gasteiger partial charge in [-0.1, -0.05) is 12.8 Å². The first kappa shape index (κ1) is 18.8. The Balaban J connectivity index is 1.47. The van der Waals surface area contributed by atoms with Gasteiger partial charge < -0.3 is 9.47 Å². The van der Waals surface area contributed by atoms with Gasteiger partial charge in [0.15, 0.2) is 5.76 Å². The molecule has 0 unspecified atom stereocenters. The molecular formula is C23H22N2O5. The summed E-state index contributed by atoms with van der Waals surface area (Å²) in [6.45, 7) is 3.16. The van der Waals surface area contributed by atoms with Gasteiger partial charge in [-0.15, -0.1) is 0 Å². The van der Waals surface area contributed by atoms with Gasteiger partial charge in [0.05, 0.1) is 16.1 Å². The van der Waals surface area contributed by atoms with Gasteiger partial charge >= 0.3 is 0 Å². The lowest BCUT2D eigenvalue weighted by Gasteiger charge is -2.34. The molecule has 1 fully saturated rings. The van der Waals surface area contributed by atoms with Crippen molar-refractivity contribution < 1.29 is 19.2 Å². The summed E-state index contributed by atoms with van der Waals surface area (Å²) >= 11 is 0. The highest BCUT2D eigenvalue weighted by Gasteiger charge is 2.37. The van der Waals surface area contributed by atoms with E-state index in [4.69, 9.17) is 9.47 Å². The number of ketones is 1. The van der Waals surface area contributed by atoms with Crippen LogP contribution in [0.25, 0.3) is 6.08 Å². The number of carbonyl (C=O) groups excluding carboxylic acids is 1. The monoisotopic (exact) mass is 406 g/mol. The van der Waals surface area contributed by atoms with Crippen molar-refractivity contribution in [2.75, 3.05) is 6.73 Å². The Kier molecular flexibility index (Phi) is 4.55. The Labute approximate surface area is 174 Å². The van der Waals surface area contributed by atoms with E-state index < -0.39 is 4.92 Å². The van der Waals surface area contributed by atoms with Crippen LogP contribution < -0.4 is 9.47 Å². The average Bonchev–Trinajstić information content (AvgIpc) is 3.38. The lowest BCUT2D eigenvalue weighted by molar-refractivity contribution is -0.384. The number of allylic oxidation sites excluding steroid dienone is 1. The molecule has 5 rings (SSSR count). The van der Waals surface area contributed by atoms with Crippen molar-refractivity contribution in [3.8, 4) is 11.5 Å². The summed E-state index contributed by atoms with van der Waals surface area (Å²) in [4.78, 5) is 25.8. The molecular weight excluding hydrogens is 384 g/mol. The number of rotatable bonds is 3. The molecule has 0 aromatic heterocycles. The Morgan fingerprint density at radius 2 is 1.93 bits per heavy atom. The van der Waals surface area contributed by atoms with E-state index in [1.54, 1.807) is 18.2 Å². The molecule has 0 radical (unpaired) electrons. The molecule has 7 nitrogen and oxygen atoms in total. The van der Waals surface area contributed by atoms with Crippen LogP contribution in [0.4, 0.5) is 5.69 Å². The number of aryl methyl sites for hydroxylation is 1. The zero-order chi connectivity index (χ0) is 20.8. The number of nitro groups is 1. The molecule has 2 aliphatic heterocycles. The predicted octanol–water partition coefficient (Wildman–Crippen LogP) is 4.61. The molecule has 154 valence electrons. The minimum atomic E-state index is -0.449. The summed E-state index contributed by atoms with van der Waals surface area (Å²) in [5.74, 6) is 1.44. The van der Waals surface area contributed by atoms with Gasteiger partial charge in [-0.2, -0.15) is 0 Å². The molecule has 2 aromatic carbocycles. The van der Waals surface area contributed by atoms with Gasteiger partial charge in [0.1, 0.15) is 18.2 Å². The predicted molar refractivity (Wildman–Crippen MR) is 111 cm³/mol. The van der Waals surface area contributed by atoms with Crippen LogP contribution in [0, 0.1) is 17.0 Å². The molecule has 3 aliphatic rings. The van der Waals surface area contributed by atoms with E-state index in [1.807, 2.05) is 13.0 Å². The third kappa shape index (κ3) is 3.15. The second kappa shape index (κ2) is 7.25. The Bertz CT molecular complexity index is 1070. The number of fused-ring (bicyclic) bond motifs is 3. The summed E-state index contributed by atoms with van der Waals surface area (Å²) in [6.07, 6.45) is 6.49. The first-order valence-electron chi connectivity index (χ1n) is 10.2. The Morgan fingerprint density at radius 3 is 2.63 bits per heavy atom. The number of nitrogens with zero attached hydrogens (tertiary/aromatic N) is 2. The van der Waals surface area contributed by atoms with Crippen molar-refractivity contribution in [1.29, 1.82) is 0 Å². The minimum Gasteiger partial charge on any atom is -0.478 e. The van der Waals surface area contributed by atoms with Crippen LogP contribution in [0.5, 0.6) is 11.5 Å². The average molecular weight is 406 g/mol. The second-order valence-corrected chi connectivity index (χ2v) is 8.12. The molecule has 0 N–H and O–H groups in total. The van der Waals surface area contributed by atoms with E-state index in [0.29, 0.717) is 36.2 Å². The fourth-order valence-electron chi connectivity index (χ4n) is 4.59. The van der Waals surface area contributed by atoms with Crippen LogP contribution >= 0.6 is 0 Å². The van der Waals surface area contributed by atoms with Crippen LogP contribution in [-0.4, -0.2) is 28.4 Å². The molecule has 0 spiro atoms. The van der Waals surface area contributed by atoms with E-state index in [9.17, 15) is 14.9 Å². The summed E-state index contributed by atoms with van der Waals surface area (Å²) in [5.41, 5.74) is 3.02. The first-order valence-corrected chi connectivity index (χ1v) is 10.2. The highest BCUT2D eigenvalue weighted by atomic mass is 16.6. The fourth-order valence-corrected chi connectivity index (χ4v) is 4.59. The minimum absolute atomic E-state index is 0.00756. The number of carbonyl (C=O) groups is 1. The number of ether oxygens (including phenoxy) is 2. The van der Waals surface area contributed by atoms with E-state index in [1.165, 1.54) is 37.8 Å². The van der Waals surface area contributed by atoms with Gasteiger partial charge in [-0.3, -0.25) is 19.8 Å². The second-order valence-electron chi connectivity index (χ2n) is 8.12. The van der Waals surface area contributed by atoms with Gasteiger partial charge in [0, 0.05) is 24.7 Å². The van der Waals surface area contributed by atoms with Crippen molar-refractivity contribution in [2.45, 2.75) is 45.2 Å². The molecule has 2 aromatic rings. The molecule has 0 saturated heterocycles. The number of Topliss-reactive ketones (excluding diaryl/α,β-unsaturated/α-hetero) is 1. The number of benzene rings is 2. The van der Waals surface area contributed by atoms with E-state index in [0.717, 1.165) is 16.9 Å². The summed E-state index contributed by atoms with van der Waals surface area (Å²) in [5, 5.41) is 10.8. The maximum atomic E-state index is 13.1. The SMILES string of the molecule is Cc1cc2c(c3c1C(=O)/C(=C/c1ccc([N+](=O)[O-])cc1)O3)CN(C1CCCC1)CO2. The molecule has 0 bridgehead atoms. The summed E-state index contributed by atoms with van der Waals surface area (Å²) < 4.78 is 12.1. The number of hydrogen-bond acceptors (Lipinski definition) is 6. The lowest BCUT2D eigenvalue weighted by atomic mass is 9.98. The quantitative estimate of drug-likeness (QED) is 0.420. The highest BCUT2D eigenvalue weighted by Crippen LogP contribution is 2.45. The van der Waals surface area contributed by atoms with Crippen molar-refractivity contribution >= 4 is 17.5 Å². The molecule has 1 aliphatic carbocycles. The topological polar surface area (TPSA) is 81.9 Å². The van der Waals surface area contributed by atoms with E-state index in [-0.39, 0.29) is 17.2 Å². The fraction of sp³-hybridized carbons (Fsp3) is 0.348. The molecule has 0 atom stereocenters. The molecule has 1 saturated carbocycles. The zero-order valence-electron chi connectivity index (χ0n) is 16.7. The summed E-state index contributed by atoms with van der Waals surface area (Å²) in [7, 11) is 0. The van der Waals surface area contributed by atoms with Crippen LogP contribution in [0.3, 0.4) is 0 Å². The van der Waals surface area contributed by atoms with E-state index in [2.05, 4.69) is 4.90 Å². The maximum Gasteiger partial charge on any atom is 0.269 e. The largest absolute Gasteiger partial charge is 0.478 e. The Morgan fingerprint density at radius 1 is 1.20 bits per heavy atom. The molecule has 0 amide bonds. The Hall–Kier alpha value is -3.19. The van der Waals surface area contributed by atoms with Crippen LogP contribution in [0.2, 0.25) is 0 Å². The van der Waals surface area contributed by atoms with Crippen molar-refractivity contribution in [3.05, 3.63) is 68.5 Å². The third-order valence-corrected chi connectivity index (χ3v) is 6.19. The number of non-ortho nitro benzene ring substituents is 1. The van der Waals surface area contributed by atoms with Gasteiger partial charge in [0.25, 0.3) is 5.69 Å². The molecule has 30 heavy (non-hydrogen) atoms. The van der Waals surface area contributed by atoms with Crippen LogP contribution in [-0.2, 0) is 6.54 Å². The highest BCUT2D eigenvalue weighted by molar-refractivity contribution is 6.15. The smallest absolute Gasteiger partial charge is 0.269 e. The summed E-state index contributed by atoms with van der Waals surface area (Å²) in [6, 6.07) is 8.49. The van der Waals surface area contributed by atoms with E-state index >= 15 is 0 Å². The first-order chi connectivity index (χ1) is 14.5. The standard InChI is InChI=1S/C23H22N2O5/c1-14-10-19-18(12-24(13-29-19)16-4-2-3-5-16)23-21(14)22(26)20(30-23)11-15-6-8-17(9-7-15)25(27)28/h6-11,16H,2-5,12-13H2,1H3/b20-11-. The van der Waals surface area contributed by atoms with Crippen molar-refractivity contribution in [2.24, 2.45) is 0 Å². The van der Waals surface area contributed by atoms with Crippen LogP contribution in [0.1, 0.15) is 52.7 Å². The van der Waals surface area contributed by atoms with Crippen molar-refractivity contribution in [1.82, 2.24) is 4.90 Å². The van der Waals surface area contributed by atoms with Gasteiger partial charge in [-0.05, 0) is 55.2 Å². The van der Waals surface area contributed by atoms with Crippen molar-refractivity contribution in [3.63, 3.8) is 0 Å². The van der Waals surface area contributed by atoms with Crippen LogP contribution in [0.15, 0.2) is 36.1 Å². The van der Waals surface area contributed by atoms with Gasteiger partial charge in [0.2, 0.25) is 5.78 Å². The van der Waals surface area contributed by atoms with Gasteiger partial charge in [-0.25, -0.2) is 0 Å². The molecule has 7 heteroatoms.